The molecule has 0 spiro atoms. The van der Waals surface area contributed by atoms with E-state index in [0.29, 0.717) is 11.6 Å². The lowest BCUT2D eigenvalue weighted by molar-refractivity contribution is -0.142. The number of aryl methyl sites for hydroxylation is 1. The minimum atomic E-state index is -0.474. The van der Waals surface area contributed by atoms with Crippen LogP contribution < -0.4 is 4.90 Å². The van der Waals surface area contributed by atoms with Gasteiger partial charge in [0.25, 0.3) is 5.22 Å². The molecule has 3 rings (SSSR count). The van der Waals surface area contributed by atoms with E-state index < -0.39 is 5.97 Å². The van der Waals surface area contributed by atoms with E-state index in [0.717, 1.165) is 27.4 Å². The number of aromatic nitrogens is 2. The zero-order valence-electron chi connectivity index (χ0n) is 16.5. The van der Waals surface area contributed by atoms with Gasteiger partial charge < -0.3 is 14.1 Å². The van der Waals surface area contributed by atoms with E-state index in [4.69, 9.17) is 9.15 Å². The lowest BCUT2D eigenvalue weighted by atomic mass is 10.1. The Hall–Kier alpha value is -2.65. The number of carbonyl (C=O) groups is 2. The highest BCUT2D eigenvalue weighted by molar-refractivity contribution is 9.10. The van der Waals surface area contributed by atoms with Crippen molar-refractivity contribution in [1.82, 2.24) is 10.2 Å². The predicted molar refractivity (Wildman–Crippen MR) is 118 cm³/mol. The van der Waals surface area contributed by atoms with Crippen LogP contribution in [-0.2, 0) is 14.3 Å². The second kappa shape index (κ2) is 10.4. The van der Waals surface area contributed by atoms with E-state index >= 15 is 0 Å². The second-order valence-electron chi connectivity index (χ2n) is 6.29. The Morgan fingerprint density at radius 1 is 1.10 bits per heavy atom. The maximum atomic E-state index is 12.9. The third-order valence-electron chi connectivity index (χ3n) is 4.06. The summed E-state index contributed by atoms with van der Waals surface area (Å²) in [6.45, 7) is 3.80. The number of carbonyl (C=O) groups excluding carboxylic acids is 2. The standard InChI is InChI=1S/C21H20BrN3O4S/c1-3-28-19(27)12-25(17-10-8-16(22)9-11-17)18(26)13-30-21-24-23-20(29-21)15-6-4-14(2)5-7-15/h4-11H,3,12-13H2,1-2H3. The summed E-state index contributed by atoms with van der Waals surface area (Å²) >= 11 is 4.49. The average molecular weight is 490 g/mol. The molecule has 0 radical (unpaired) electrons. The van der Waals surface area contributed by atoms with E-state index in [-0.39, 0.29) is 30.0 Å². The number of halogens is 1. The normalized spacial score (nSPS) is 10.6. The van der Waals surface area contributed by atoms with Crippen LogP contribution in [0.1, 0.15) is 12.5 Å². The van der Waals surface area contributed by atoms with E-state index in [9.17, 15) is 9.59 Å². The molecular weight excluding hydrogens is 470 g/mol. The molecule has 1 heterocycles. The SMILES string of the molecule is CCOC(=O)CN(C(=O)CSc1nnc(-c2ccc(C)cc2)o1)c1ccc(Br)cc1. The van der Waals surface area contributed by atoms with E-state index in [1.807, 2.05) is 31.2 Å². The van der Waals surface area contributed by atoms with Crippen molar-refractivity contribution in [3.05, 3.63) is 58.6 Å². The Morgan fingerprint density at radius 3 is 2.47 bits per heavy atom. The van der Waals surface area contributed by atoms with Crippen LogP contribution in [0.2, 0.25) is 0 Å². The van der Waals surface area contributed by atoms with Crippen LogP contribution in [0.25, 0.3) is 11.5 Å². The van der Waals surface area contributed by atoms with Crippen LogP contribution in [0.3, 0.4) is 0 Å². The summed E-state index contributed by atoms with van der Waals surface area (Å²) in [5.41, 5.74) is 2.54. The van der Waals surface area contributed by atoms with Gasteiger partial charge in [0, 0.05) is 15.7 Å². The number of nitrogens with zero attached hydrogens (tertiary/aromatic N) is 3. The molecule has 0 saturated heterocycles. The monoisotopic (exact) mass is 489 g/mol. The van der Waals surface area contributed by atoms with Gasteiger partial charge in [0.05, 0.1) is 12.4 Å². The molecule has 0 saturated carbocycles. The number of hydrogen-bond donors (Lipinski definition) is 0. The number of anilines is 1. The Labute approximate surface area is 186 Å². The van der Waals surface area contributed by atoms with Gasteiger partial charge in [0.2, 0.25) is 11.8 Å². The molecule has 2 aromatic carbocycles. The fourth-order valence-corrected chi connectivity index (χ4v) is 3.47. The van der Waals surface area contributed by atoms with Crippen LogP contribution in [0.15, 0.2) is 62.6 Å². The van der Waals surface area contributed by atoms with Gasteiger partial charge in [-0.1, -0.05) is 45.4 Å². The van der Waals surface area contributed by atoms with Gasteiger partial charge in [-0.15, -0.1) is 10.2 Å². The smallest absolute Gasteiger partial charge is 0.326 e. The largest absolute Gasteiger partial charge is 0.465 e. The lowest BCUT2D eigenvalue weighted by Gasteiger charge is -2.21. The van der Waals surface area contributed by atoms with Crippen molar-refractivity contribution in [1.29, 1.82) is 0 Å². The minimum Gasteiger partial charge on any atom is -0.465 e. The Kier molecular flexibility index (Phi) is 7.64. The quantitative estimate of drug-likeness (QED) is 0.340. The van der Waals surface area contributed by atoms with Crippen molar-refractivity contribution >= 4 is 45.3 Å². The molecule has 3 aromatic rings. The number of rotatable bonds is 8. The molecule has 30 heavy (non-hydrogen) atoms. The topological polar surface area (TPSA) is 85.5 Å². The van der Waals surface area contributed by atoms with E-state index in [1.165, 1.54) is 4.90 Å². The minimum absolute atomic E-state index is 0.0327. The van der Waals surface area contributed by atoms with Crippen molar-refractivity contribution in [3.8, 4) is 11.5 Å². The lowest BCUT2D eigenvalue weighted by Crippen LogP contribution is -2.37. The van der Waals surface area contributed by atoms with Crippen molar-refractivity contribution in [2.24, 2.45) is 0 Å². The van der Waals surface area contributed by atoms with E-state index in [2.05, 4.69) is 26.1 Å². The van der Waals surface area contributed by atoms with Crippen LogP contribution in [0, 0.1) is 6.92 Å². The fraction of sp³-hybridized carbons (Fsp3) is 0.238. The van der Waals surface area contributed by atoms with Crippen LogP contribution in [0.4, 0.5) is 5.69 Å². The first kappa shape index (κ1) is 22.0. The summed E-state index contributed by atoms with van der Waals surface area (Å²) in [7, 11) is 0. The number of amides is 1. The van der Waals surface area contributed by atoms with Gasteiger partial charge in [-0.3, -0.25) is 9.59 Å². The average Bonchev–Trinajstić information content (AvgIpc) is 3.21. The van der Waals surface area contributed by atoms with Crippen LogP contribution >= 0.6 is 27.7 Å². The number of ether oxygens (including phenoxy) is 1. The first-order valence-corrected chi connectivity index (χ1v) is 11.0. The molecule has 7 nitrogen and oxygen atoms in total. The summed E-state index contributed by atoms with van der Waals surface area (Å²) in [6, 6.07) is 14.8. The molecule has 0 fully saturated rings. The Balaban J connectivity index is 1.68. The molecule has 0 aliphatic carbocycles. The molecule has 0 N–H and O–H groups in total. The third kappa shape index (κ3) is 5.93. The van der Waals surface area contributed by atoms with Crippen molar-refractivity contribution in [2.45, 2.75) is 19.1 Å². The number of hydrogen-bond acceptors (Lipinski definition) is 7. The molecule has 156 valence electrons. The van der Waals surface area contributed by atoms with Gasteiger partial charge in [-0.2, -0.15) is 0 Å². The molecule has 9 heteroatoms. The van der Waals surface area contributed by atoms with Crippen molar-refractivity contribution in [2.75, 3.05) is 23.8 Å². The van der Waals surface area contributed by atoms with Gasteiger partial charge in [0.15, 0.2) is 0 Å². The maximum absolute atomic E-state index is 12.9. The number of thioether (sulfide) groups is 1. The maximum Gasteiger partial charge on any atom is 0.326 e. The Morgan fingerprint density at radius 2 is 1.80 bits per heavy atom. The fourth-order valence-electron chi connectivity index (χ4n) is 2.56. The molecule has 0 atom stereocenters. The van der Waals surface area contributed by atoms with Gasteiger partial charge >= 0.3 is 5.97 Å². The highest BCUT2D eigenvalue weighted by Gasteiger charge is 2.21. The molecule has 1 amide bonds. The van der Waals surface area contributed by atoms with Crippen molar-refractivity contribution < 1.29 is 18.7 Å². The highest BCUT2D eigenvalue weighted by Crippen LogP contribution is 2.25. The first-order chi connectivity index (χ1) is 14.5. The summed E-state index contributed by atoms with van der Waals surface area (Å²) < 4.78 is 11.5. The Bertz CT molecular complexity index is 1010. The number of esters is 1. The van der Waals surface area contributed by atoms with Crippen LogP contribution in [-0.4, -0.2) is 41.0 Å². The molecule has 0 bridgehead atoms. The first-order valence-electron chi connectivity index (χ1n) is 9.21. The van der Waals surface area contributed by atoms with Gasteiger partial charge in [0.1, 0.15) is 6.54 Å². The zero-order chi connectivity index (χ0) is 21.5. The van der Waals surface area contributed by atoms with Crippen molar-refractivity contribution in [3.63, 3.8) is 0 Å². The highest BCUT2D eigenvalue weighted by atomic mass is 79.9. The second-order valence-corrected chi connectivity index (χ2v) is 8.13. The molecule has 1 aromatic heterocycles. The van der Waals surface area contributed by atoms with E-state index in [1.54, 1.807) is 31.2 Å². The summed E-state index contributed by atoms with van der Waals surface area (Å²) in [5, 5.41) is 8.32. The van der Waals surface area contributed by atoms with Crippen LogP contribution in [0.5, 0.6) is 0 Å². The molecular formula is C21H20BrN3O4S. The zero-order valence-corrected chi connectivity index (χ0v) is 18.9. The molecule has 0 unspecified atom stereocenters. The van der Waals surface area contributed by atoms with Gasteiger partial charge in [-0.25, -0.2) is 0 Å². The number of benzene rings is 2. The molecule has 0 aliphatic heterocycles. The third-order valence-corrected chi connectivity index (χ3v) is 5.39. The summed E-state index contributed by atoms with van der Waals surface area (Å²) in [5.74, 6) is -0.324. The van der Waals surface area contributed by atoms with Gasteiger partial charge in [-0.05, 0) is 50.2 Å². The summed E-state index contributed by atoms with van der Waals surface area (Å²) in [4.78, 5) is 26.2. The predicted octanol–water partition coefficient (Wildman–Crippen LogP) is 4.50. The molecule has 0 aliphatic rings. The summed E-state index contributed by atoms with van der Waals surface area (Å²) in [6.07, 6.45) is 0.